The monoisotopic (exact) mass is 480 g/mol. The fourth-order valence-electron chi connectivity index (χ4n) is 3.60. The van der Waals surface area contributed by atoms with E-state index in [1.54, 1.807) is 0 Å². The van der Waals surface area contributed by atoms with Gasteiger partial charge in [0, 0.05) is 17.7 Å². The number of hydrogen-bond acceptors (Lipinski definition) is 13. The van der Waals surface area contributed by atoms with Crippen molar-refractivity contribution in [2.24, 2.45) is 0 Å². The molecule has 1 aliphatic heterocycles. The Bertz CT molecular complexity index is 1280. The van der Waals surface area contributed by atoms with Crippen LogP contribution in [0.1, 0.15) is 0 Å². The third-order valence-corrected chi connectivity index (χ3v) is 5.33. The van der Waals surface area contributed by atoms with Crippen molar-refractivity contribution in [2.75, 3.05) is 6.61 Å². The summed E-state index contributed by atoms with van der Waals surface area (Å²) >= 11 is 0. The summed E-state index contributed by atoms with van der Waals surface area (Å²) in [5, 5.41) is 89.2. The Morgan fingerprint density at radius 1 is 0.853 bits per heavy atom. The second-order valence-electron chi connectivity index (χ2n) is 7.61. The lowest BCUT2D eigenvalue weighted by atomic mass is 9.99. The number of ether oxygens (including phenoxy) is 2. The maximum Gasteiger partial charge on any atom is 0.238 e. The Hall–Kier alpha value is -3.75. The normalized spacial score (nSPS) is 24.9. The van der Waals surface area contributed by atoms with Gasteiger partial charge in [0.1, 0.15) is 46.9 Å². The minimum Gasteiger partial charge on any atom is -0.508 e. The second-order valence-corrected chi connectivity index (χ2v) is 7.61. The van der Waals surface area contributed by atoms with Crippen LogP contribution in [0.4, 0.5) is 0 Å². The molecule has 0 unspecified atom stereocenters. The van der Waals surface area contributed by atoms with E-state index in [4.69, 9.17) is 13.9 Å². The van der Waals surface area contributed by atoms with Crippen LogP contribution >= 0.6 is 0 Å². The Balaban J connectivity index is 1.73. The standard InChI is InChI=1S/C21H20O13/c22-5-12-14(27)16(29)18(31)21(33-12)34-20-9(25)1-6(2-10(20)26)19-17(30)15(28)13-8(24)3-7(23)4-11(13)32-19/h1-4,12,14,16,18,21-27,29-31H,5H2/t12-,14-,16+,18-,21-/m1/s1. The smallest absolute Gasteiger partial charge is 0.238 e. The minimum atomic E-state index is -1.82. The molecule has 1 aliphatic rings. The minimum absolute atomic E-state index is 0.213. The third kappa shape index (κ3) is 3.81. The van der Waals surface area contributed by atoms with E-state index in [9.17, 15) is 50.8 Å². The molecule has 13 nitrogen and oxygen atoms in total. The first kappa shape index (κ1) is 23.4. The molecule has 4 rings (SSSR count). The maximum atomic E-state index is 12.5. The molecule has 182 valence electrons. The summed E-state index contributed by atoms with van der Waals surface area (Å²) < 4.78 is 15.8. The van der Waals surface area contributed by atoms with Crippen LogP contribution in [-0.4, -0.2) is 83.3 Å². The summed E-state index contributed by atoms with van der Waals surface area (Å²) in [7, 11) is 0. The molecule has 1 saturated heterocycles. The Morgan fingerprint density at radius 2 is 1.50 bits per heavy atom. The van der Waals surface area contributed by atoms with Crippen LogP contribution in [0.25, 0.3) is 22.3 Å². The van der Waals surface area contributed by atoms with Crippen LogP contribution in [0, 0.1) is 0 Å². The van der Waals surface area contributed by atoms with Gasteiger partial charge in [-0.3, -0.25) is 4.79 Å². The largest absolute Gasteiger partial charge is 0.508 e. The van der Waals surface area contributed by atoms with Gasteiger partial charge < -0.3 is 59.8 Å². The number of aliphatic hydroxyl groups excluding tert-OH is 4. The number of hydrogen-bond donors (Lipinski definition) is 9. The molecule has 0 saturated carbocycles. The van der Waals surface area contributed by atoms with Gasteiger partial charge in [0.25, 0.3) is 0 Å². The van der Waals surface area contributed by atoms with Gasteiger partial charge in [0.15, 0.2) is 17.3 Å². The van der Waals surface area contributed by atoms with Crippen LogP contribution in [0.15, 0.2) is 33.5 Å². The number of phenolic OH excluding ortho intramolecular Hbond substituents is 4. The molecule has 3 aromatic rings. The molecule has 1 aromatic heterocycles. The summed E-state index contributed by atoms with van der Waals surface area (Å²) in [4.78, 5) is 12.5. The van der Waals surface area contributed by atoms with E-state index in [0.29, 0.717) is 0 Å². The zero-order valence-corrected chi connectivity index (χ0v) is 17.1. The highest BCUT2D eigenvalue weighted by Crippen LogP contribution is 2.44. The molecule has 0 radical (unpaired) electrons. The highest BCUT2D eigenvalue weighted by Gasteiger charge is 2.45. The third-order valence-electron chi connectivity index (χ3n) is 5.33. The number of fused-ring (bicyclic) bond motifs is 1. The van der Waals surface area contributed by atoms with Crippen molar-refractivity contribution in [3.63, 3.8) is 0 Å². The molecule has 2 heterocycles. The molecule has 13 heteroatoms. The predicted octanol–water partition coefficient (Wildman–Crippen LogP) is -0.833. The molecule has 0 aliphatic carbocycles. The first-order chi connectivity index (χ1) is 16.0. The highest BCUT2D eigenvalue weighted by molar-refractivity contribution is 5.88. The molecule has 1 fully saturated rings. The van der Waals surface area contributed by atoms with Crippen molar-refractivity contribution >= 4 is 11.0 Å². The number of benzene rings is 2. The molecule has 0 spiro atoms. The van der Waals surface area contributed by atoms with Gasteiger partial charge >= 0.3 is 0 Å². The van der Waals surface area contributed by atoms with Crippen LogP contribution in [0.3, 0.4) is 0 Å². The number of rotatable bonds is 4. The van der Waals surface area contributed by atoms with E-state index in [1.807, 2.05) is 0 Å². The molecule has 2 aromatic carbocycles. The average Bonchev–Trinajstić information content (AvgIpc) is 2.77. The van der Waals surface area contributed by atoms with Gasteiger partial charge in [-0.2, -0.15) is 0 Å². The van der Waals surface area contributed by atoms with Crippen LogP contribution < -0.4 is 10.2 Å². The van der Waals surface area contributed by atoms with E-state index in [2.05, 4.69) is 0 Å². The Morgan fingerprint density at radius 3 is 2.12 bits per heavy atom. The molecule has 0 bridgehead atoms. The van der Waals surface area contributed by atoms with E-state index in [-0.39, 0.29) is 11.1 Å². The summed E-state index contributed by atoms with van der Waals surface area (Å²) in [5.41, 5.74) is -1.55. The SMILES string of the molecule is O=c1c(O)c(-c2cc(O)c(O[C@H]3O[C@H](CO)[C@@H](O)[C@H](O)[C@H]3O)c(O)c2)oc2cc(O)cc(O)c12. The van der Waals surface area contributed by atoms with Gasteiger partial charge in [-0.15, -0.1) is 0 Å². The van der Waals surface area contributed by atoms with Crippen molar-refractivity contribution in [1.29, 1.82) is 0 Å². The summed E-state index contributed by atoms with van der Waals surface area (Å²) in [6, 6.07) is 3.73. The van der Waals surface area contributed by atoms with Crippen LogP contribution in [0.2, 0.25) is 0 Å². The van der Waals surface area contributed by atoms with Crippen LogP contribution in [-0.2, 0) is 4.74 Å². The summed E-state index contributed by atoms with van der Waals surface area (Å²) in [6.07, 6.45) is -8.25. The Labute approximate surface area is 189 Å². The van der Waals surface area contributed by atoms with Crippen LogP contribution in [0.5, 0.6) is 34.5 Å². The van der Waals surface area contributed by atoms with E-state index < -0.39 is 88.4 Å². The number of aromatic hydroxyl groups is 5. The Kier molecular flexibility index (Phi) is 5.89. The molecule has 9 N–H and O–H groups in total. The lowest BCUT2D eigenvalue weighted by Gasteiger charge is -2.39. The molecule has 34 heavy (non-hydrogen) atoms. The zero-order valence-electron chi connectivity index (χ0n) is 17.1. The van der Waals surface area contributed by atoms with Gasteiger partial charge in [-0.1, -0.05) is 0 Å². The van der Waals surface area contributed by atoms with Gasteiger partial charge in [-0.25, -0.2) is 0 Å². The predicted molar refractivity (Wildman–Crippen MR) is 111 cm³/mol. The fraction of sp³-hybridized carbons (Fsp3) is 0.286. The second kappa shape index (κ2) is 8.55. The van der Waals surface area contributed by atoms with Crippen molar-refractivity contribution in [3.8, 4) is 45.8 Å². The van der Waals surface area contributed by atoms with Gasteiger partial charge in [0.05, 0.1) is 6.61 Å². The lowest BCUT2D eigenvalue weighted by molar-refractivity contribution is -0.277. The molecular formula is C21H20O13. The van der Waals surface area contributed by atoms with Gasteiger partial charge in [-0.05, 0) is 12.1 Å². The first-order valence-electron chi connectivity index (χ1n) is 9.78. The number of phenols is 4. The highest BCUT2D eigenvalue weighted by atomic mass is 16.7. The van der Waals surface area contributed by atoms with E-state index >= 15 is 0 Å². The van der Waals surface area contributed by atoms with Crippen molar-refractivity contribution in [3.05, 3.63) is 34.5 Å². The number of aliphatic hydroxyl groups is 4. The molecular weight excluding hydrogens is 460 g/mol. The quantitative estimate of drug-likeness (QED) is 0.222. The lowest BCUT2D eigenvalue weighted by Crippen LogP contribution is -2.60. The molecule has 0 amide bonds. The van der Waals surface area contributed by atoms with Crippen molar-refractivity contribution in [2.45, 2.75) is 30.7 Å². The van der Waals surface area contributed by atoms with Crippen molar-refractivity contribution in [1.82, 2.24) is 0 Å². The fourth-order valence-corrected chi connectivity index (χ4v) is 3.60. The van der Waals surface area contributed by atoms with Crippen molar-refractivity contribution < 1.29 is 59.8 Å². The topological polar surface area (TPSA) is 231 Å². The van der Waals surface area contributed by atoms with Gasteiger partial charge in [0.2, 0.25) is 23.2 Å². The molecule has 5 atom stereocenters. The first-order valence-corrected chi connectivity index (χ1v) is 9.78. The van der Waals surface area contributed by atoms with E-state index in [0.717, 1.165) is 24.3 Å². The maximum absolute atomic E-state index is 12.5. The summed E-state index contributed by atoms with van der Waals surface area (Å²) in [5.74, 6) is -4.73. The average molecular weight is 480 g/mol. The van der Waals surface area contributed by atoms with E-state index in [1.165, 1.54) is 0 Å². The zero-order chi connectivity index (χ0) is 24.9. The summed E-state index contributed by atoms with van der Waals surface area (Å²) in [6.45, 7) is -0.729.